The van der Waals surface area contributed by atoms with Crippen molar-refractivity contribution in [3.8, 4) is 5.75 Å². The molecule has 0 bridgehead atoms. The minimum atomic E-state index is 0.210. The van der Waals surface area contributed by atoms with E-state index in [0.29, 0.717) is 13.0 Å². The number of aryl methyl sites for hydroxylation is 1. The van der Waals surface area contributed by atoms with Crippen LogP contribution >= 0.6 is 15.9 Å². The standard InChI is InChI=1S/C18H17BrO2/c1-12-10-14(19)6-7-15(12)17(20)11-13-8-9-21-18-5-3-2-4-16(13)18/h2-7,10,13H,8-9,11H2,1H3. The minimum absolute atomic E-state index is 0.210. The van der Waals surface area contributed by atoms with Crippen molar-refractivity contribution in [1.82, 2.24) is 0 Å². The Kier molecular flexibility index (Phi) is 4.11. The summed E-state index contributed by atoms with van der Waals surface area (Å²) in [6, 6.07) is 13.9. The normalized spacial score (nSPS) is 17.0. The molecule has 3 heteroatoms. The SMILES string of the molecule is Cc1cc(Br)ccc1C(=O)CC1CCOc2ccccc21. The summed E-state index contributed by atoms with van der Waals surface area (Å²) in [5.74, 6) is 1.39. The Morgan fingerprint density at radius 1 is 1.29 bits per heavy atom. The first-order valence-corrected chi connectivity index (χ1v) is 7.95. The molecule has 1 aliphatic rings. The van der Waals surface area contributed by atoms with Gasteiger partial charge in [-0.25, -0.2) is 0 Å². The molecule has 108 valence electrons. The predicted octanol–water partition coefficient (Wildman–Crippen LogP) is 4.90. The lowest BCUT2D eigenvalue weighted by molar-refractivity contribution is 0.0965. The second-order valence-corrected chi connectivity index (χ2v) is 6.37. The van der Waals surface area contributed by atoms with Gasteiger partial charge in [0.25, 0.3) is 0 Å². The molecule has 0 aliphatic carbocycles. The van der Waals surface area contributed by atoms with Crippen LogP contribution < -0.4 is 4.74 Å². The quantitative estimate of drug-likeness (QED) is 0.740. The first-order chi connectivity index (χ1) is 10.1. The van der Waals surface area contributed by atoms with Crippen LogP contribution in [0.15, 0.2) is 46.9 Å². The Balaban J connectivity index is 1.83. The van der Waals surface area contributed by atoms with Gasteiger partial charge in [0.15, 0.2) is 5.78 Å². The van der Waals surface area contributed by atoms with Gasteiger partial charge in [-0.3, -0.25) is 4.79 Å². The van der Waals surface area contributed by atoms with Gasteiger partial charge in [-0.2, -0.15) is 0 Å². The number of Topliss-reactive ketones (excluding diaryl/α,β-unsaturated/α-hetero) is 1. The highest BCUT2D eigenvalue weighted by molar-refractivity contribution is 9.10. The highest BCUT2D eigenvalue weighted by atomic mass is 79.9. The third kappa shape index (κ3) is 3.03. The first-order valence-electron chi connectivity index (χ1n) is 7.16. The number of ketones is 1. The molecule has 1 heterocycles. The van der Waals surface area contributed by atoms with Crippen LogP contribution in [-0.2, 0) is 0 Å². The summed E-state index contributed by atoms with van der Waals surface area (Å²) in [5, 5.41) is 0. The minimum Gasteiger partial charge on any atom is -0.493 e. The molecule has 1 atom stereocenters. The molecular weight excluding hydrogens is 328 g/mol. The Morgan fingerprint density at radius 2 is 2.10 bits per heavy atom. The van der Waals surface area contributed by atoms with E-state index in [9.17, 15) is 4.79 Å². The highest BCUT2D eigenvalue weighted by Gasteiger charge is 2.24. The summed E-state index contributed by atoms with van der Waals surface area (Å²) >= 11 is 3.44. The van der Waals surface area contributed by atoms with Crippen LogP contribution in [0.1, 0.15) is 40.2 Å². The van der Waals surface area contributed by atoms with Crippen LogP contribution in [0.4, 0.5) is 0 Å². The van der Waals surface area contributed by atoms with Gasteiger partial charge in [0, 0.05) is 16.5 Å². The lowest BCUT2D eigenvalue weighted by Crippen LogP contribution is -2.17. The van der Waals surface area contributed by atoms with E-state index in [2.05, 4.69) is 22.0 Å². The summed E-state index contributed by atoms with van der Waals surface area (Å²) < 4.78 is 6.67. The second kappa shape index (κ2) is 6.02. The molecule has 2 aromatic carbocycles. The van der Waals surface area contributed by atoms with Crippen molar-refractivity contribution in [3.05, 3.63) is 63.6 Å². The molecule has 0 fully saturated rings. The molecule has 3 rings (SSSR count). The second-order valence-electron chi connectivity index (χ2n) is 5.46. The van der Waals surface area contributed by atoms with Crippen molar-refractivity contribution < 1.29 is 9.53 Å². The lowest BCUT2D eigenvalue weighted by Gasteiger charge is -2.25. The summed E-state index contributed by atoms with van der Waals surface area (Å²) in [5.41, 5.74) is 3.00. The third-order valence-corrected chi connectivity index (χ3v) is 4.50. The highest BCUT2D eigenvalue weighted by Crippen LogP contribution is 2.36. The molecule has 1 unspecified atom stereocenters. The van der Waals surface area contributed by atoms with Crippen molar-refractivity contribution in [1.29, 1.82) is 0 Å². The zero-order chi connectivity index (χ0) is 14.8. The van der Waals surface area contributed by atoms with Crippen molar-refractivity contribution >= 4 is 21.7 Å². The van der Waals surface area contributed by atoms with Gasteiger partial charge in [0.1, 0.15) is 5.75 Å². The van der Waals surface area contributed by atoms with Gasteiger partial charge in [-0.15, -0.1) is 0 Å². The Labute approximate surface area is 133 Å². The molecule has 1 aliphatic heterocycles. The van der Waals surface area contributed by atoms with E-state index in [-0.39, 0.29) is 11.7 Å². The van der Waals surface area contributed by atoms with Crippen molar-refractivity contribution in [2.75, 3.05) is 6.61 Å². The molecule has 21 heavy (non-hydrogen) atoms. The van der Waals surface area contributed by atoms with E-state index < -0.39 is 0 Å². The number of carbonyl (C=O) groups excluding carboxylic acids is 1. The number of fused-ring (bicyclic) bond motifs is 1. The monoisotopic (exact) mass is 344 g/mol. The number of rotatable bonds is 3. The molecule has 0 spiro atoms. The maximum atomic E-state index is 12.6. The number of para-hydroxylation sites is 1. The topological polar surface area (TPSA) is 26.3 Å². The van der Waals surface area contributed by atoms with Crippen LogP contribution in [0.2, 0.25) is 0 Å². The van der Waals surface area contributed by atoms with Crippen LogP contribution in [0.5, 0.6) is 5.75 Å². The van der Waals surface area contributed by atoms with Gasteiger partial charge in [0.2, 0.25) is 0 Å². The number of ether oxygens (including phenoxy) is 1. The summed E-state index contributed by atoms with van der Waals surface area (Å²) in [4.78, 5) is 12.6. The van der Waals surface area contributed by atoms with Crippen molar-refractivity contribution in [3.63, 3.8) is 0 Å². The summed E-state index contributed by atoms with van der Waals surface area (Å²) in [6.07, 6.45) is 1.45. The molecule has 0 saturated heterocycles. The van der Waals surface area contributed by atoms with Gasteiger partial charge >= 0.3 is 0 Å². The zero-order valence-electron chi connectivity index (χ0n) is 11.9. The van der Waals surface area contributed by atoms with E-state index in [1.165, 1.54) is 0 Å². The molecule has 0 saturated carbocycles. The van der Waals surface area contributed by atoms with E-state index in [1.54, 1.807) is 0 Å². The van der Waals surface area contributed by atoms with E-state index in [4.69, 9.17) is 4.74 Å². The van der Waals surface area contributed by atoms with E-state index in [0.717, 1.165) is 33.3 Å². The van der Waals surface area contributed by atoms with Gasteiger partial charge in [-0.05, 0) is 48.6 Å². The zero-order valence-corrected chi connectivity index (χ0v) is 13.5. The number of hydrogen-bond donors (Lipinski definition) is 0. The average molecular weight is 345 g/mol. The molecule has 0 amide bonds. The van der Waals surface area contributed by atoms with Gasteiger partial charge < -0.3 is 4.74 Å². The molecule has 2 aromatic rings. The maximum absolute atomic E-state index is 12.6. The summed E-state index contributed by atoms with van der Waals surface area (Å²) in [6.45, 7) is 2.67. The number of carbonyl (C=O) groups is 1. The van der Waals surface area contributed by atoms with Crippen LogP contribution in [0, 0.1) is 6.92 Å². The van der Waals surface area contributed by atoms with E-state index >= 15 is 0 Å². The lowest BCUT2D eigenvalue weighted by atomic mass is 9.86. The van der Waals surface area contributed by atoms with Crippen molar-refractivity contribution in [2.45, 2.75) is 25.7 Å². The Morgan fingerprint density at radius 3 is 2.90 bits per heavy atom. The number of halogens is 1. The Bertz CT molecular complexity index is 679. The van der Waals surface area contributed by atoms with Crippen molar-refractivity contribution in [2.24, 2.45) is 0 Å². The van der Waals surface area contributed by atoms with Crippen LogP contribution in [-0.4, -0.2) is 12.4 Å². The largest absolute Gasteiger partial charge is 0.493 e. The maximum Gasteiger partial charge on any atom is 0.163 e. The number of hydrogen-bond acceptors (Lipinski definition) is 2. The number of benzene rings is 2. The fraction of sp³-hybridized carbons (Fsp3) is 0.278. The predicted molar refractivity (Wildman–Crippen MR) is 87.1 cm³/mol. The third-order valence-electron chi connectivity index (χ3n) is 4.00. The molecule has 0 N–H and O–H groups in total. The smallest absolute Gasteiger partial charge is 0.163 e. The molecular formula is C18H17BrO2. The van der Waals surface area contributed by atoms with Gasteiger partial charge in [0.05, 0.1) is 6.61 Å². The fourth-order valence-electron chi connectivity index (χ4n) is 2.90. The molecule has 2 nitrogen and oxygen atoms in total. The Hall–Kier alpha value is -1.61. The van der Waals surface area contributed by atoms with Crippen LogP contribution in [0.3, 0.4) is 0 Å². The average Bonchev–Trinajstić information content (AvgIpc) is 2.47. The molecule has 0 radical (unpaired) electrons. The summed E-state index contributed by atoms with van der Waals surface area (Å²) in [7, 11) is 0. The molecule has 0 aromatic heterocycles. The first kappa shape index (κ1) is 14.3. The van der Waals surface area contributed by atoms with E-state index in [1.807, 2.05) is 43.3 Å². The fourth-order valence-corrected chi connectivity index (χ4v) is 3.38. The van der Waals surface area contributed by atoms with Gasteiger partial charge in [-0.1, -0.05) is 40.2 Å². The van der Waals surface area contributed by atoms with Crippen LogP contribution in [0.25, 0.3) is 0 Å².